The summed E-state index contributed by atoms with van der Waals surface area (Å²) in [4.78, 5) is 29.7. The molecule has 1 atom stereocenters. The molecule has 0 bridgehead atoms. The van der Waals surface area contributed by atoms with Gasteiger partial charge in [0.2, 0.25) is 0 Å². The summed E-state index contributed by atoms with van der Waals surface area (Å²) in [6.07, 6.45) is 10.7. The molecule has 7 heteroatoms. The molecule has 1 unspecified atom stereocenters. The lowest BCUT2D eigenvalue weighted by molar-refractivity contribution is -0.310. The lowest BCUT2D eigenvalue weighted by atomic mass is 10.1. The maximum absolute atomic E-state index is 10.1. The number of nitrogens with two attached hydrogens (primary N) is 1. The van der Waals surface area contributed by atoms with E-state index in [9.17, 15) is 29.7 Å². The summed E-state index contributed by atoms with van der Waals surface area (Å²) in [5.41, 5.74) is 4.91. The highest BCUT2D eigenvalue weighted by atomic mass is 16.4. The number of unbranched alkanes of at least 4 members (excludes halogenated alkanes) is 8. The lowest BCUT2D eigenvalue weighted by Crippen LogP contribution is -2.42. The zero-order chi connectivity index (χ0) is 18.8. The Labute approximate surface area is 144 Å². The summed E-state index contributed by atoms with van der Waals surface area (Å²) in [5.74, 6) is -3.66. The minimum absolute atomic E-state index is 0.148. The molecule has 0 aliphatic rings. The van der Waals surface area contributed by atoms with Crippen LogP contribution < -0.4 is 21.1 Å². The molecule has 0 aromatic carbocycles. The normalized spacial score (nSPS) is 11.2. The summed E-state index contributed by atoms with van der Waals surface area (Å²) >= 11 is 0. The fraction of sp³-hybridized carbons (Fsp3) is 0.824. The molecule has 0 aliphatic heterocycles. The van der Waals surface area contributed by atoms with E-state index >= 15 is 0 Å². The molecule has 0 spiro atoms. The van der Waals surface area contributed by atoms with Crippen LogP contribution in [0.15, 0.2) is 0 Å². The van der Waals surface area contributed by atoms with Gasteiger partial charge in [-0.3, -0.25) is 0 Å². The Morgan fingerprint density at radius 3 is 1.54 bits per heavy atom. The second kappa shape index (κ2) is 17.7. The van der Waals surface area contributed by atoms with Crippen LogP contribution in [-0.2, 0) is 14.4 Å². The van der Waals surface area contributed by atoms with Crippen LogP contribution >= 0.6 is 0 Å². The second-order valence-corrected chi connectivity index (χ2v) is 5.79. The van der Waals surface area contributed by atoms with Crippen molar-refractivity contribution >= 4 is 17.9 Å². The van der Waals surface area contributed by atoms with Gasteiger partial charge in [-0.1, -0.05) is 58.3 Å². The maximum Gasteiger partial charge on any atom is 0.0582 e. The monoisotopic (exact) mass is 344 g/mol. The molecular formula is C17H30NO6-3. The third-order valence-electron chi connectivity index (χ3n) is 3.45. The van der Waals surface area contributed by atoms with E-state index in [4.69, 9.17) is 5.73 Å². The van der Waals surface area contributed by atoms with Gasteiger partial charge in [-0.2, -0.15) is 0 Å². The topological polar surface area (TPSA) is 146 Å². The zero-order valence-corrected chi connectivity index (χ0v) is 14.6. The van der Waals surface area contributed by atoms with E-state index in [1.54, 1.807) is 0 Å². The highest BCUT2D eigenvalue weighted by Gasteiger charge is 2.01. The molecule has 142 valence electrons. The van der Waals surface area contributed by atoms with Gasteiger partial charge in [0.1, 0.15) is 0 Å². The van der Waals surface area contributed by atoms with Crippen LogP contribution in [0.1, 0.15) is 84.0 Å². The fourth-order valence-corrected chi connectivity index (χ4v) is 1.97. The molecule has 0 amide bonds. The van der Waals surface area contributed by atoms with E-state index in [-0.39, 0.29) is 19.3 Å². The van der Waals surface area contributed by atoms with Crippen molar-refractivity contribution in [3.05, 3.63) is 0 Å². The van der Waals surface area contributed by atoms with Gasteiger partial charge in [-0.15, -0.1) is 0 Å². The van der Waals surface area contributed by atoms with Crippen molar-refractivity contribution in [3.8, 4) is 0 Å². The first-order valence-corrected chi connectivity index (χ1v) is 8.67. The number of carboxylic acid groups (broad SMARTS) is 3. The second-order valence-electron chi connectivity index (χ2n) is 5.79. The van der Waals surface area contributed by atoms with Crippen molar-refractivity contribution in [1.29, 1.82) is 0 Å². The first kappa shape index (κ1) is 24.6. The number of hydrogen-bond acceptors (Lipinski definition) is 7. The number of rotatable bonds is 14. The van der Waals surface area contributed by atoms with Crippen LogP contribution in [0.5, 0.6) is 0 Å². The van der Waals surface area contributed by atoms with Crippen LogP contribution in [0.4, 0.5) is 0 Å². The molecule has 0 aromatic heterocycles. The molecule has 0 saturated heterocycles. The fourth-order valence-electron chi connectivity index (χ4n) is 1.97. The first-order chi connectivity index (χ1) is 11.3. The third kappa shape index (κ3) is 22.6. The molecule has 24 heavy (non-hydrogen) atoms. The molecule has 0 aromatic rings. The van der Waals surface area contributed by atoms with E-state index in [0.29, 0.717) is 0 Å². The molecule has 7 nitrogen and oxygen atoms in total. The Balaban J connectivity index is 0. The van der Waals surface area contributed by atoms with E-state index in [1.165, 1.54) is 44.9 Å². The van der Waals surface area contributed by atoms with Gasteiger partial charge >= 0.3 is 0 Å². The first-order valence-electron chi connectivity index (χ1n) is 8.67. The molecule has 0 radical (unpaired) electrons. The molecule has 0 aliphatic carbocycles. The Bertz CT molecular complexity index is 346. The van der Waals surface area contributed by atoms with Crippen LogP contribution in [-0.4, -0.2) is 23.9 Å². The van der Waals surface area contributed by atoms with Crippen molar-refractivity contribution in [2.45, 2.75) is 90.0 Å². The Hall–Kier alpha value is -1.63. The molecule has 0 rings (SSSR count). The highest BCUT2D eigenvalue weighted by molar-refractivity contribution is 5.72. The van der Waals surface area contributed by atoms with Crippen LogP contribution in [0.25, 0.3) is 0 Å². The minimum atomic E-state index is -1.44. The van der Waals surface area contributed by atoms with Gasteiger partial charge in [-0.05, 0) is 25.7 Å². The lowest BCUT2D eigenvalue weighted by Gasteiger charge is -2.11. The predicted molar refractivity (Wildman–Crippen MR) is 84.1 cm³/mol. The van der Waals surface area contributed by atoms with E-state index in [1.807, 2.05) is 0 Å². The van der Waals surface area contributed by atoms with Crippen LogP contribution in [0.3, 0.4) is 0 Å². The number of hydrogen-bond donors (Lipinski definition) is 1. The van der Waals surface area contributed by atoms with Crippen molar-refractivity contribution in [2.75, 3.05) is 0 Å². The average molecular weight is 344 g/mol. The van der Waals surface area contributed by atoms with Crippen LogP contribution in [0, 0.1) is 0 Å². The van der Waals surface area contributed by atoms with Gasteiger partial charge in [-0.25, -0.2) is 0 Å². The molecule has 0 heterocycles. The highest BCUT2D eigenvalue weighted by Crippen LogP contribution is 2.10. The van der Waals surface area contributed by atoms with E-state index < -0.39 is 23.9 Å². The smallest absolute Gasteiger partial charge is 0.0582 e. The third-order valence-corrected chi connectivity index (χ3v) is 3.45. The summed E-state index contributed by atoms with van der Waals surface area (Å²) in [6.45, 7) is 2.22. The summed E-state index contributed by atoms with van der Waals surface area (Å²) < 4.78 is 0. The molecule has 0 saturated carbocycles. The average Bonchev–Trinajstić information content (AvgIpc) is 2.51. The standard InChI is InChI=1S/C12H24O2.C5H9NO4/c1-2-3-4-5-6-7-8-9-10-11-12(13)14;6-3(5(9)10)1-2-4(7)8/h2-11H2,1H3,(H,13,14);3H,1-2,6H2,(H,7,8)(H,9,10)/p-3. The van der Waals surface area contributed by atoms with Gasteiger partial charge in [0.05, 0.1) is 5.97 Å². The molecule has 2 N–H and O–H groups in total. The summed E-state index contributed by atoms with van der Waals surface area (Å²) in [7, 11) is 0. The molecule has 0 fully saturated rings. The van der Waals surface area contributed by atoms with Gasteiger partial charge < -0.3 is 35.4 Å². The van der Waals surface area contributed by atoms with Crippen molar-refractivity contribution in [3.63, 3.8) is 0 Å². The van der Waals surface area contributed by atoms with Gasteiger partial charge in [0.25, 0.3) is 0 Å². The Morgan fingerprint density at radius 1 is 0.750 bits per heavy atom. The number of carbonyl (C=O) groups is 3. The molecular weight excluding hydrogens is 314 g/mol. The van der Waals surface area contributed by atoms with E-state index in [0.717, 1.165) is 12.8 Å². The minimum Gasteiger partial charge on any atom is -0.550 e. The van der Waals surface area contributed by atoms with Gasteiger partial charge in [0.15, 0.2) is 0 Å². The summed E-state index contributed by atoms with van der Waals surface area (Å²) in [5, 5.41) is 29.7. The zero-order valence-electron chi connectivity index (χ0n) is 14.6. The maximum atomic E-state index is 10.1. The quantitative estimate of drug-likeness (QED) is 0.408. The van der Waals surface area contributed by atoms with E-state index in [2.05, 4.69) is 6.92 Å². The van der Waals surface area contributed by atoms with Crippen molar-refractivity contribution in [1.82, 2.24) is 0 Å². The summed E-state index contributed by atoms with van der Waals surface area (Å²) in [6, 6.07) is -1.21. The number of carboxylic acids is 3. The van der Waals surface area contributed by atoms with Gasteiger partial charge in [0, 0.05) is 18.0 Å². The largest absolute Gasteiger partial charge is 0.550 e. The number of aliphatic carboxylic acids is 3. The SMILES string of the molecule is CCCCCCCCCCCC(=O)[O-].NC(CCC(=O)[O-])C(=O)[O-]. The van der Waals surface area contributed by atoms with Crippen molar-refractivity contribution < 1.29 is 29.7 Å². The predicted octanol–water partition coefficient (Wildman–Crippen LogP) is -0.749. The van der Waals surface area contributed by atoms with Crippen LogP contribution in [0.2, 0.25) is 0 Å². The number of carbonyl (C=O) groups excluding carboxylic acids is 3. The Kier molecular flexibility index (Phi) is 18.2. The van der Waals surface area contributed by atoms with Crippen molar-refractivity contribution in [2.24, 2.45) is 5.73 Å². The Morgan fingerprint density at radius 2 is 1.17 bits per heavy atom.